The van der Waals surface area contributed by atoms with E-state index < -0.39 is 15.8 Å². The highest BCUT2D eigenvalue weighted by atomic mass is 32.2. The Morgan fingerprint density at radius 3 is 2.12 bits per heavy atom. The van der Waals surface area contributed by atoms with Crippen molar-refractivity contribution in [2.24, 2.45) is 0 Å². The first-order chi connectivity index (χ1) is 12.5. The van der Waals surface area contributed by atoms with E-state index in [0.29, 0.717) is 11.4 Å². The average Bonchev–Trinajstić information content (AvgIpc) is 2.64. The second-order valence-corrected chi connectivity index (χ2v) is 7.14. The Morgan fingerprint density at radius 1 is 0.846 bits per heavy atom. The molecule has 0 aromatic heterocycles. The molecule has 0 bridgehead atoms. The zero-order chi connectivity index (χ0) is 18.6. The normalized spacial score (nSPS) is 11.0. The molecule has 7 heteroatoms. The maximum absolute atomic E-state index is 12.9. The molecular formula is C19H17FN2O3S. The van der Waals surface area contributed by atoms with Crippen LogP contribution in [0.3, 0.4) is 0 Å². The predicted octanol–water partition coefficient (Wildman–Crippen LogP) is 4.38. The monoisotopic (exact) mass is 372 g/mol. The van der Waals surface area contributed by atoms with Crippen LogP contribution in [0.4, 0.5) is 21.5 Å². The first-order valence-corrected chi connectivity index (χ1v) is 9.25. The molecule has 0 aliphatic rings. The van der Waals surface area contributed by atoms with E-state index in [1.54, 1.807) is 31.4 Å². The molecule has 0 saturated heterocycles. The van der Waals surface area contributed by atoms with Crippen LogP contribution < -0.4 is 14.8 Å². The Labute approximate surface area is 151 Å². The van der Waals surface area contributed by atoms with E-state index in [1.807, 2.05) is 24.3 Å². The molecule has 0 saturated carbocycles. The summed E-state index contributed by atoms with van der Waals surface area (Å²) in [6.45, 7) is 0. The molecule has 0 amide bonds. The third-order valence-corrected chi connectivity index (χ3v) is 5.04. The van der Waals surface area contributed by atoms with Crippen molar-refractivity contribution in [1.29, 1.82) is 0 Å². The van der Waals surface area contributed by atoms with Gasteiger partial charge in [0.1, 0.15) is 11.6 Å². The number of hydrogen-bond acceptors (Lipinski definition) is 4. The number of hydrogen-bond donors (Lipinski definition) is 2. The number of halogens is 1. The topological polar surface area (TPSA) is 67.4 Å². The highest BCUT2D eigenvalue weighted by Crippen LogP contribution is 2.27. The van der Waals surface area contributed by atoms with Crippen LogP contribution in [0.2, 0.25) is 0 Å². The number of sulfonamides is 1. The first-order valence-electron chi connectivity index (χ1n) is 7.76. The molecule has 3 aromatic carbocycles. The molecule has 0 aliphatic heterocycles. The molecule has 5 nitrogen and oxygen atoms in total. The second-order valence-electron chi connectivity index (χ2n) is 5.46. The molecule has 0 aliphatic carbocycles. The molecule has 0 radical (unpaired) electrons. The van der Waals surface area contributed by atoms with Crippen LogP contribution in [0.15, 0.2) is 77.7 Å². The SMILES string of the molecule is COc1ccccc1Nc1ccc(NS(=O)(=O)c2ccc(F)cc2)cc1. The van der Waals surface area contributed by atoms with Gasteiger partial charge in [-0.1, -0.05) is 12.1 Å². The summed E-state index contributed by atoms with van der Waals surface area (Å²) in [4.78, 5) is -0.00452. The van der Waals surface area contributed by atoms with E-state index in [-0.39, 0.29) is 4.90 Å². The van der Waals surface area contributed by atoms with Crippen LogP contribution in [-0.2, 0) is 10.0 Å². The number of ether oxygens (including phenoxy) is 1. The number of nitrogens with one attached hydrogen (secondary N) is 2. The third-order valence-electron chi connectivity index (χ3n) is 3.65. The van der Waals surface area contributed by atoms with Gasteiger partial charge in [0.2, 0.25) is 0 Å². The predicted molar refractivity (Wildman–Crippen MR) is 99.9 cm³/mol. The van der Waals surface area contributed by atoms with Crippen molar-refractivity contribution in [3.63, 3.8) is 0 Å². The third kappa shape index (κ3) is 4.12. The Balaban J connectivity index is 1.74. The molecule has 0 unspecified atom stereocenters. The zero-order valence-corrected chi connectivity index (χ0v) is 14.8. The summed E-state index contributed by atoms with van der Waals surface area (Å²) in [5.41, 5.74) is 1.98. The number of methoxy groups -OCH3 is 1. The fourth-order valence-corrected chi connectivity index (χ4v) is 3.41. The van der Waals surface area contributed by atoms with Gasteiger partial charge in [-0.3, -0.25) is 4.72 Å². The van der Waals surface area contributed by atoms with Gasteiger partial charge < -0.3 is 10.1 Å². The summed E-state index contributed by atoms with van der Waals surface area (Å²) in [5.74, 6) is 0.212. The first kappa shape index (κ1) is 17.8. The standard InChI is InChI=1S/C19H17FN2O3S/c1-25-19-5-3-2-4-18(19)21-15-8-10-16(11-9-15)22-26(23,24)17-12-6-14(20)7-13-17/h2-13,21-22H,1H3. The fourth-order valence-electron chi connectivity index (χ4n) is 2.35. The summed E-state index contributed by atoms with van der Waals surface area (Å²) in [6.07, 6.45) is 0. The molecule has 0 fully saturated rings. The maximum Gasteiger partial charge on any atom is 0.261 e. The van der Waals surface area contributed by atoms with E-state index in [0.717, 1.165) is 23.5 Å². The van der Waals surface area contributed by atoms with Crippen LogP contribution in [0.25, 0.3) is 0 Å². The Bertz CT molecular complexity index is 988. The van der Waals surface area contributed by atoms with Crippen LogP contribution in [0.5, 0.6) is 5.75 Å². The van der Waals surface area contributed by atoms with Crippen LogP contribution >= 0.6 is 0 Å². The number of anilines is 3. The van der Waals surface area contributed by atoms with Crippen molar-refractivity contribution in [2.45, 2.75) is 4.90 Å². The highest BCUT2D eigenvalue weighted by molar-refractivity contribution is 7.92. The highest BCUT2D eigenvalue weighted by Gasteiger charge is 2.14. The fraction of sp³-hybridized carbons (Fsp3) is 0.0526. The number of para-hydroxylation sites is 2. The van der Waals surface area contributed by atoms with Gasteiger partial charge in [0, 0.05) is 11.4 Å². The van der Waals surface area contributed by atoms with Gasteiger partial charge in [-0.2, -0.15) is 0 Å². The van der Waals surface area contributed by atoms with Gasteiger partial charge in [0.25, 0.3) is 10.0 Å². The van der Waals surface area contributed by atoms with Gasteiger partial charge in [0.05, 0.1) is 17.7 Å². The largest absolute Gasteiger partial charge is 0.495 e. The minimum absolute atomic E-state index is 0.00452. The van der Waals surface area contributed by atoms with E-state index in [4.69, 9.17) is 4.74 Å². The summed E-state index contributed by atoms with van der Waals surface area (Å²) in [5, 5.41) is 3.21. The van der Waals surface area contributed by atoms with Gasteiger partial charge in [0.15, 0.2) is 0 Å². The van der Waals surface area contributed by atoms with Crippen molar-refractivity contribution in [3.05, 3.63) is 78.6 Å². The lowest BCUT2D eigenvalue weighted by Crippen LogP contribution is -2.12. The van der Waals surface area contributed by atoms with Gasteiger partial charge in [-0.05, 0) is 60.7 Å². The quantitative estimate of drug-likeness (QED) is 0.674. The van der Waals surface area contributed by atoms with E-state index in [9.17, 15) is 12.8 Å². The molecule has 2 N–H and O–H groups in total. The summed E-state index contributed by atoms with van der Waals surface area (Å²) < 4.78 is 45.3. The number of rotatable bonds is 6. The second kappa shape index (κ2) is 7.45. The molecule has 134 valence electrons. The van der Waals surface area contributed by atoms with Crippen molar-refractivity contribution in [3.8, 4) is 5.75 Å². The molecular weight excluding hydrogens is 355 g/mol. The summed E-state index contributed by atoms with van der Waals surface area (Å²) >= 11 is 0. The smallest absolute Gasteiger partial charge is 0.261 e. The van der Waals surface area contributed by atoms with E-state index in [2.05, 4.69) is 10.0 Å². The molecule has 0 atom stereocenters. The van der Waals surface area contributed by atoms with Crippen LogP contribution in [-0.4, -0.2) is 15.5 Å². The Hall–Kier alpha value is -3.06. The van der Waals surface area contributed by atoms with Crippen molar-refractivity contribution >= 4 is 27.1 Å². The lowest BCUT2D eigenvalue weighted by atomic mass is 10.2. The Morgan fingerprint density at radius 2 is 1.46 bits per heavy atom. The summed E-state index contributed by atoms with van der Waals surface area (Å²) in [6, 6.07) is 18.9. The van der Waals surface area contributed by atoms with Gasteiger partial charge >= 0.3 is 0 Å². The minimum atomic E-state index is -3.77. The lowest BCUT2D eigenvalue weighted by molar-refractivity contribution is 0.417. The number of benzene rings is 3. The van der Waals surface area contributed by atoms with Crippen LogP contribution in [0.1, 0.15) is 0 Å². The molecule has 3 aromatic rings. The lowest BCUT2D eigenvalue weighted by Gasteiger charge is -2.12. The van der Waals surface area contributed by atoms with E-state index in [1.165, 1.54) is 12.1 Å². The maximum atomic E-state index is 12.9. The minimum Gasteiger partial charge on any atom is -0.495 e. The average molecular weight is 372 g/mol. The zero-order valence-electron chi connectivity index (χ0n) is 13.9. The van der Waals surface area contributed by atoms with Gasteiger partial charge in [-0.15, -0.1) is 0 Å². The Kier molecular flexibility index (Phi) is 5.09. The molecule has 0 spiro atoms. The van der Waals surface area contributed by atoms with E-state index >= 15 is 0 Å². The summed E-state index contributed by atoms with van der Waals surface area (Å²) in [7, 11) is -2.18. The van der Waals surface area contributed by atoms with Crippen molar-refractivity contribution in [1.82, 2.24) is 0 Å². The van der Waals surface area contributed by atoms with Crippen molar-refractivity contribution < 1.29 is 17.5 Å². The van der Waals surface area contributed by atoms with Crippen molar-refractivity contribution in [2.75, 3.05) is 17.1 Å². The van der Waals surface area contributed by atoms with Gasteiger partial charge in [-0.25, -0.2) is 12.8 Å². The molecule has 0 heterocycles. The van der Waals surface area contributed by atoms with Crippen LogP contribution in [0, 0.1) is 5.82 Å². The molecule has 3 rings (SSSR count). The molecule has 26 heavy (non-hydrogen) atoms.